The molecule has 3 aromatic rings. The first-order chi connectivity index (χ1) is 15.9. The highest BCUT2D eigenvalue weighted by atomic mass is 32.2. The van der Waals surface area contributed by atoms with Crippen molar-refractivity contribution in [3.8, 4) is 0 Å². The predicted octanol–water partition coefficient (Wildman–Crippen LogP) is 4.45. The zero-order valence-corrected chi connectivity index (χ0v) is 19.9. The van der Waals surface area contributed by atoms with Gasteiger partial charge in [-0.25, -0.2) is 9.59 Å². The van der Waals surface area contributed by atoms with Crippen molar-refractivity contribution in [1.82, 2.24) is 20.8 Å². The van der Waals surface area contributed by atoms with E-state index >= 15 is 0 Å². The molecule has 0 spiro atoms. The number of amides is 2. The molecule has 1 atom stereocenters. The number of thioether (sulfide) groups is 1. The number of hydrogen-bond acceptors (Lipinski definition) is 9. The molecule has 1 aromatic carbocycles. The smallest absolute Gasteiger partial charge is 0.338 e. The number of benzene rings is 1. The molecule has 4 rings (SSSR count). The second-order valence-corrected chi connectivity index (χ2v) is 9.45. The summed E-state index contributed by atoms with van der Waals surface area (Å²) in [6.07, 6.45) is 1.49. The van der Waals surface area contributed by atoms with Crippen LogP contribution < -0.4 is 16.0 Å². The van der Waals surface area contributed by atoms with E-state index in [0.29, 0.717) is 32.3 Å². The molecule has 1 aliphatic rings. The number of urea groups is 1. The van der Waals surface area contributed by atoms with Crippen molar-refractivity contribution in [2.75, 3.05) is 17.7 Å². The molecule has 11 heteroatoms. The number of nitrogens with one attached hydrogen (secondary N) is 3. The summed E-state index contributed by atoms with van der Waals surface area (Å²) >= 11 is 2.76. The third-order valence-corrected chi connectivity index (χ3v) is 6.98. The number of anilines is 2. The minimum Gasteiger partial charge on any atom is -0.467 e. The highest BCUT2D eigenvalue weighted by molar-refractivity contribution is 8.01. The van der Waals surface area contributed by atoms with Crippen LogP contribution in [0.3, 0.4) is 0 Å². The van der Waals surface area contributed by atoms with Crippen molar-refractivity contribution in [3.63, 3.8) is 0 Å². The summed E-state index contributed by atoms with van der Waals surface area (Å²) in [5.41, 5.74) is 4.09. The zero-order chi connectivity index (χ0) is 23.4. The number of esters is 1. The van der Waals surface area contributed by atoms with Crippen molar-refractivity contribution in [2.45, 2.75) is 31.2 Å². The number of furan rings is 1. The highest BCUT2D eigenvalue weighted by Gasteiger charge is 2.35. The molecule has 3 heterocycles. The molecule has 172 valence electrons. The van der Waals surface area contributed by atoms with E-state index in [1.165, 1.54) is 40.5 Å². The fourth-order valence-electron chi connectivity index (χ4n) is 3.25. The normalized spacial score (nSPS) is 15.7. The molecular formula is C22H23N5O4S2. The molecule has 9 nitrogen and oxygen atoms in total. The van der Waals surface area contributed by atoms with E-state index in [1.807, 2.05) is 12.1 Å². The maximum atomic E-state index is 12.7. The molecule has 1 unspecified atom stereocenters. The van der Waals surface area contributed by atoms with Crippen molar-refractivity contribution < 1.29 is 18.7 Å². The number of hydrogen-bond donors (Lipinski definition) is 3. The maximum Gasteiger partial charge on any atom is 0.338 e. The van der Waals surface area contributed by atoms with Gasteiger partial charge in [0.1, 0.15) is 11.8 Å². The van der Waals surface area contributed by atoms with Gasteiger partial charge >= 0.3 is 12.0 Å². The summed E-state index contributed by atoms with van der Waals surface area (Å²) in [6, 6.07) is 8.34. The van der Waals surface area contributed by atoms with E-state index < -0.39 is 18.0 Å². The summed E-state index contributed by atoms with van der Waals surface area (Å²) in [6.45, 7) is 6.06. The fourth-order valence-corrected chi connectivity index (χ4v) is 4.99. The van der Waals surface area contributed by atoms with Crippen LogP contribution in [-0.2, 0) is 9.53 Å². The number of aryl methyl sites for hydroxylation is 2. The number of nitrogens with zero attached hydrogens (tertiary/aromatic N) is 2. The number of carbonyl (C=O) groups is 2. The maximum absolute atomic E-state index is 12.7. The Morgan fingerprint density at radius 3 is 2.85 bits per heavy atom. The molecule has 1 aliphatic heterocycles. The number of rotatable bonds is 8. The van der Waals surface area contributed by atoms with Gasteiger partial charge in [-0.2, -0.15) is 0 Å². The standard InChI is InChI=1S/C22H23N5O4S2/c1-4-30-19(28)17-15(24-20(29)25-18(17)16-6-5-9-31-16)11-32-22-27-26-21(33-22)23-14-8-7-12(2)13(3)10-14/h5-10,18H,4,11H2,1-3H3,(H,23,26)(H2,24,25,29). The summed E-state index contributed by atoms with van der Waals surface area (Å²) < 4.78 is 11.4. The van der Waals surface area contributed by atoms with Crippen LogP contribution in [0.4, 0.5) is 15.6 Å². The van der Waals surface area contributed by atoms with Gasteiger partial charge in [-0.1, -0.05) is 29.2 Å². The minimum absolute atomic E-state index is 0.214. The van der Waals surface area contributed by atoms with Gasteiger partial charge in [-0.05, 0) is 56.2 Å². The van der Waals surface area contributed by atoms with Crippen LogP contribution in [0.2, 0.25) is 0 Å². The lowest BCUT2D eigenvalue weighted by Crippen LogP contribution is -2.46. The second-order valence-electron chi connectivity index (χ2n) is 7.25. The van der Waals surface area contributed by atoms with Crippen LogP contribution in [0.1, 0.15) is 29.9 Å². The topological polar surface area (TPSA) is 118 Å². The lowest BCUT2D eigenvalue weighted by molar-refractivity contribution is -0.139. The van der Waals surface area contributed by atoms with E-state index in [9.17, 15) is 9.59 Å². The largest absolute Gasteiger partial charge is 0.467 e. The van der Waals surface area contributed by atoms with E-state index in [4.69, 9.17) is 9.15 Å². The molecule has 0 bridgehead atoms. The molecule has 0 saturated carbocycles. The summed E-state index contributed by atoms with van der Waals surface area (Å²) in [4.78, 5) is 25.0. The van der Waals surface area contributed by atoms with Crippen LogP contribution in [-0.4, -0.2) is 34.6 Å². The van der Waals surface area contributed by atoms with Gasteiger partial charge in [0.05, 0.1) is 18.4 Å². The summed E-state index contributed by atoms with van der Waals surface area (Å²) in [7, 11) is 0. The van der Waals surface area contributed by atoms with Gasteiger partial charge in [0.15, 0.2) is 4.34 Å². The Labute approximate surface area is 199 Å². The molecule has 3 N–H and O–H groups in total. The summed E-state index contributed by atoms with van der Waals surface area (Å²) in [5.74, 6) is 0.236. The molecule has 33 heavy (non-hydrogen) atoms. The fraction of sp³-hybridized carbons (Fsp3) is 0.273. The third kappa shape index (κ3) is 5.37. The Hall–Kier alpha value is -3.31. The molecule has 0 fully saturated rings. The molecule has 0 saturated heterocycles. The van der Waals surface area contributed by atoms with Crippen LogP contribution in [0.25, 0.3) is 0 Å². The Balaban J connectivity index is 1.52. The minimum atomic E-state index is -0.736. The first-order valence-electron chi connectivity index (χ1n) is 10.3. The third-order valence-electron chi connectivity index (χ3n) is 4.98. The highest BCUT2D eigenvalue weighted by Crippen LogP contribution is 2.33. The molecular weight excluding hydrogens is 462 g/mol. The molecule has 0 aliphatic carbocycles. The molecule has 2 aromatic heterocycles. The van der Waals surface area contributed by atoms with Crippen molar-refractivity contribution in [1.29, 1.82) is 0 Å². The molecule has 0 radical (unpaired) electrons. The van der Waals surface area contributed by atoms with E-state index in [1.54, 1.807) is 19.1 Å². The average Bonchev–Trinajstić information content (AvgIpc) is 3.47. The Morgan fingerprint density at radius 2 is 2.12 bits per heavy atom. The van der Waals surface area contributed by atoms with Gasteiger partial charge in [0.25, 0.3) is 0 Å². The first kappa shape index (κ1) is 22.9. The van der Waals surface area contributed by atoms with Crippen molar-refractivity contribution in [3.05, 3.63) is 64.8 Å². The van der Waals surface area contributed by atoms with Gasteiger partial charge in [-0.3, -0.25) is 0 Å². The summed E-state index contributed by atoms with van der Waals surface area (Å²) in [5, 5.41) is 17.8. The van der Waals surface area contributed by atoms with E-state index in [0.717, 1.165) is 5.69 Å². The van der Waals surface area contributed by atoms with E-state index in [-0.39, 0.29) is 6.61 Å². The Bertz CT molecular complexity index is 1190. The quantitative estimate of drug-likeness (QED) is 0.316. The second kappa shape index (κ2) is 10.1. The van der Waals surface area contributed by atoms with Gasteiger partial charge in [-0.15, -0.1) is 10.2 Å². The Kier molecular flexibility index (Phi) is 6.99. The van der Waals surface area contributed by atoms with Gasteiger partial charge in [0.2, 0.25) is 5.13 Å². The number of aromatic nitrogens is 2. The lowest BCUT2D eigenvalue weighted by atomic mass is 10.0. The van der Waals surface area contributed by atoms with Crippen molar-refractivity contribution >= 4 is 45.9 Å². The lowest BCUT2D eigenvalue weighted by Gasteiger charge is -2.27. The monoisotopic (exact) mass is 485 g/mol. The molecule has 2 amide bonds. The number of ether oxygens (including phenoxy) is 1. The van der Waals surface area contributed by atoms with Crippen LogP contribution in [0, 0.1) is 13.8 Å². The van der Waals surface area contributed by atoms with Crippen molar-refractivity contribution in [2.24, 2.45) is 0 Å². The zero-order valence-electron chi connectivity index (χ0n) is 18.3. The number of carbonyl (C=O) groups excluding carboxylic acids is 2. The van der Waals surface area contributed by atoms with Gasteiger partial charge in [0, 0.05) is 17.1 Å². The van der Waals surface area contributed by atoms with Gasteiger partial charge < -0.3 is 25.1 Å². The predicted molar refractivity (Wildman–Crippen MR) is 127 cm³/mol. The SMILES string of the molecule is CCOC(=O)C1=C(CSc2nnc(Nc3ccc(C)c(C)c3)s2)NC(=O)NC1c1ccco1. The average molecular weight is 486 g/mol. The van der Waals surface area contributed by atoms with Crippen LogP contribution >= 0.6 is 23.1 Å². The van der Waals surface area contributed by atoms with Crippen LogP contribution in [0.15, 0.2) is 56.6 Å². The Morgan fingerprint density at radius 1 is 1.27 bits per heavy atom. The first-order valence-corrected chi connectivity index (χ1v) is 12.1. The van der Waals surface area contributed by atoms with Crippen LogP contribution in [0.5, 0.6) is 0 Å². The van der Waals surface area contributed by atoms with E-state index in [2.05, 4.69) is 46.1 Å².